The molecule has 1 aliphatic heterocycles. The van der Waals surface area contributed by atoms with E-state index in [0.717, 1.165) is 10.4 Å². The predicted octanol–water partition coefficient (Wildman–Crippen LogP) is 7.38. The van der Waals surface area contributed by atoms with Crippen LogP contribution in [-0.2, 0) is 14.9 Å². The number of hydrogen-bond acceptors (Lipinski definition) is 7. The minimum Gasteiger partial charge on any atom is -0.458 e. The van der Waals surface area contributed by atoms with E-state index in [9.17, 15) is 9.59 Å². The van der Waals surface area contributed by atoms with E-state index < -0.39 is 23.2 Å². The molecule has 1 saturated heterocycles. The van der Waals surface area contributed by atoms with Gasteiger partial charge in [0.1, 0.15) is 11.1 Å². The fourth-order valence-corrected chi connectivity index (χ4v) is 6.69. The van der Waals surface area contributed by atoms with Crippen molar-refractivity contribution in [2.75, 3.05) is 0 Å². The number of hydrogen-bond donors (Lipinski definition) is 0. The normalized spacial score (nSPS) is 21.6. The third-order valence-electron chi connectivity index (χ3n) is 7.17. The summed E-state index contributed by atoms with van der Waals surface area (Å²) in [6, 6.07) is 7.14. The monoisotopic (exact) mass is 582 g/mol. The molecule has 0 saturated carbocycles. The predicted molar refractivity (Wildman–Crippen MR) is 159 cm³/mol. The number of aromatic nitrogens is 3. The lowest BCUT2D eigenvalue weighted by Gasteiger charge is -2.41. The molecule has 40 heavy (non-hydrogen) atoms. The van der Waals surface area contributed by atoms with E-state index in [1.54, 1.807) is 29.7 Å². The summed E-state index contributed by atoms with van der Waals surface area (Å²) >= 11 is 7.64. The smallest absolute Gasteiger partial charge is 0.332 e. The van der Waals surface area contributed by atoms with E-state index in [2.05, 4.69) is 49.6 Å². The fraction of sp³-hybridized carbons (Fsp3) is 0.516. The number of amides is 1. The topological polar surface area (TPSA) is 85.3 Å². The quantitative estimate of drug-likeness (QED) is 0.282. The molecule has 0 radical (unpaired) electrons. The molecule has 0 aliphatic carbocycles. The molecule has 1 amide bonds. The van der Waals surface area contributed by atoms with Crippen LogP contribution in [0.4, 0.5) is 0 Å². The lowest BCUT2D eigenvalue weighted by molar-refractivity contribution is -0.168. The molecular weight excluding hydrogens is 544 g/mol. The minimum absolute atomic E-state index is 0.0634. The average molecular weight is 583 g/mol. The molecule has 1 fully saturated rings. The second-order valence-electron chi connectivity index (χ2n) is 13.0. The van der Waals surface area contributed by atoms with Gasteiger partial charge in [-0.2, -0.15) is 0 Å². The first-order valence-corrected chi connectivity index (χ1v) is 14.9. The first kappa shape index (κ1) is 30.1. The Bertz CT molecular complexity index is 1350. The number of benzene rings is 1. The van der Waals surface area contributed by atoms with Crippen molar-refractivity contribution < 1.29 is 14.3 Å². The molecule has 2 aromatic heterocycles. The summed E-state index contributed by atoms with van der Waals surface area (Å²) in [7, 11) is 0. The second-order valence-corrected chi connectivity index (χ2v) is 14.7. The third-order valence-corrected chi connectivity index (χ3v) is 8.35. The van der Waals surface area contributed by atoms with Gasteiger partial charge in [0.25, 0.3) is 5.91 Å². The summed E-state index contributed by atoms with van der Waals surface area (Å²) in [5.41, 5.74) is 0.279. The van der Waals surface area contributed by atoms with E-state index >= 15 is 0 Å². The van der Waals surface area contributed by atoms with Crippen molar-refractivity contribution >= 4 is 34.8 Å². The Balaban J connectivity index is 1.96. The van der Waals surface area contributed by atoms with Gasteiger partial charge in [0.2, 0.25) is 0 Å². The number of carbonyl (C=O) groups is 2. The van der Waals surface area contributed by atoms with Gasteiger partial charge in [0.15, 0.2) is 4.47 Å². The van der Waals surface area contributed by atoms with Crippen molar-refractivity contribution in [3.8, 4) is 0 Å². The van der Waals surface area contributed by atoms with Gasteiger partial charge in [0, 0.05) is 41.1 Å². The maximum absolute atomic E-state index is 14.7. The Morgan fingerprint density at radius 1 is 1.07 bits per heavy atom. The largest absolute Gasteiger partial charge is 0.458 e. The van der Waals surface area contributed by atoms with Crippen LogP contribution in [0.15, 0.2) is 49.1 Å². The van der Waals surface area contributed by atoms with Gasteiger partial charge >= 0.3 is 5.97 Å². The van der Waals surface area contributed by atoms with E-state index in [4.69, 9.17) is 16.3 Å². The fourth-order valence-electron chi connectivity index (χ4n) is 5.58. The number of ether oxygens (including phenoxy) is 1. The maximum Gasteiger partial charge on any atom is 0.332 e. The zero-order valence-corrected chi connectivity index (χ0v) is 26.1. The van der Waals surface area contributed by atoms with Crippen molar-refractivity contribution in [1.82, 2.24) is 19.9 Å². The van der Waals surface area contributed by atoms with Gasteiger partial charge in [-0.1, -0.05) is 58.4 Å². The summed E-state index contributed by atoms with van der Waals surface area (Å²) in [5.74, 6) is -0.889. The Morgan fingerprint density at radius 2 is 1.75 bits per heavy atom. The summed E-state index contributed by atoms with van der Waals surface area (Å²) in [6.45, 7) is 16.1. The van der Waals surface area contributed by atoms with Crippen LogP contribution in [0.25, 0.3) is 0 Å². The molecule has 0 spiro atoms. The van der Waals surface area contributed by atoms with Gasteiger partial charge in [0.05, 0.1) is 11.7 Å². The van der Waals surface area contributed by atoms with Gasteiger partial charge in [-0.15, -0.1) is 11.3 Å². The third kappa shape index (κ3) is 6.23. The van der Waals surface area contributed by atoms with Gasteiger partial charge in [-0.05, 0) is 62.6 Å². The van der Waals surface area contributed by atoms with E-state index in [-0.39, 0.29) is 23.2 Å². The Kier molecular flexibility index (Phi) is 8.44. The number of esters is 1. The van der Waals surface area contributed by atoms with Crippen molar-refractivity contribution in [2.24, 2.45) is 5.92 Å². The van der Waals surface area contributed by atoms with Crippen LogP contribution >= 0.6 is 22.9 Å². The highest BCUT2D eigenvalue weighted by Crippen LogP contribution is 2.55. The van der Waals surface area contributed by atoms with Crippen molar-refractivity contribution in [3.63, 3.8) is 0 Å². The number of halogens is 1. The number of thiazole rings is 1. The molecule has 3 atom stereocenters. The Labute approximate surface area is 246 Å². The molecule has 0 bridgehead atoms. The summed E-state index contributed by atoms with van der Waals surface area (Å²) in [4.78, 5) is 44.8. The van der Waals surface area contributed by atoms with Gasteiger partial charge in [-0.3, -0.25) is 14.8 Å². The summed E-state index contributed by atoms with van der Waals surface area (Å²) in [6.07, 6.45) is 7.43. The molecule has 7 nitrogen and oxygen atoms in total. The first-order chi connectivity index (χ1) is 18.6. The SMILES string of the molecule is CC(C)C[C@@]1(C(=O)OC(C)(C)C)C[C@H](c2cnccn2)[C@H](c2cnc(Cl)s2)N1C(=O)c1ccc(C(C)(C)C)cc1. The lowest BCUT2D eigenvalue weighted by atomic mass is 9.82. The van der Waals surface area contributed by atoms with Crippen LogP contribution < -0.4 is 0 Å². The zero-order valence-electron chi connectivity index (χ0n) is 24.6. The van der Waals surface area contributed by atoms with Crippen LogP contribution in [0.5, 0.6) is 0 Å². The first-order valence-electron chi connectivity index (χ1n) is 13.7. The van der Waals surface area contributed by atoms with E-state index in [1.165, 1.54) is 11.3 Å². The highest BCUT2D eigenvalue weighted by molar-refractivity contribution is 7.15. The second kappa shape index (κ2) is 11.2. The maximum atomic E-state index is 14.7. The number of carbonyl (C=O) groups excluding carboxylic acids is 2. The average Bonchev–Trinajstić information content (AvgIpc) is 3.44. The lowest BCUT2D eigenvalue weighted by Crippen LogP contribution is -2.56. The molecule has 214 valence electrons. The number of rotatable bonds is 6. The zero-order chi connectivity index (χ0) is 29.5. The van der Waals surface area contributed by atoms with Crippen LogP contribution in [0, 0.1) is 5.92 Å². The molecule has 0 N–H and O–H groups in total. The Hall–Kier alpha value is -2.84. The number of likely N-dealkylation sites (tertiary alicyclic amines) is 1. The van der Waals surface area contributed by atoms with E-state index in [0.29, 0.717) is 28.6 Å². The van der Waals surface area contributed by atoms with Crippen LogP contribution in [0.1, 0.15) is 107 Å². The summed E-state index contributed by atoms with van der Waals surface area (Å²) in [5, 5.41) is 0. The molecule has 0 unspecified atom stereocenters. The molecule has 3 aromatic rings. The Morgan fingerprint density at radius 3 is 2.25 bits per heavy atom. The standard InChI is InChI=1S/C31H39ClN4O3S/c1-19(2)15-31(27(38)39-30(6,7)8)16-22(23-17-33-13-14-34-23)25(24-18-35-28(32)40-24)36(31)26(37)20-9-11-21(12-10-20)29(3,4)5/h9-14,17-19,22,25H,15-16H2,1-8H3/t22-,25-,31+/m1/s1. The van der Waals surface area contributed by atoms with Crippen LogP contribution in [0.3, 0.4) is 0 Å². The van der Waals surface area contributed by atoms with Crippen molar-refractivity contribution in [1.29, 1.82) is 0 Å². The van der Waals surface area contributed by atoms with Crippen molar-refractivity contribution in [2.45, 2.75) is 96.7 Å². The van der Waals surface area contributed by atoms with Crippen molar-refractivity contribution in [3.05, 3.63) is 75.2 Å². The summed E-state index contributed by atoms with van der Waals surface area (Å²) < 4.78 is 6.44. The molecular formula is C31H39ClN4O3S. The molecule has 9 heteroatoms. The minimum atomic E-state index is -1.25. The van der Waals surface area contributed by atoms with Crippen LogP contribution in [0.2, 0.25) is 4.47 Å². The molecule has 1 aliphatic rings. The van der Waals surface area contributed by atoms with Crippen LogP contribution in [-0.4, -0.2) is 42.9 Å². The molecule has 3 heterocycles. The van der Waals surface area contributed by atoms with Gasteiger partial charge in [-0.25, -0.2) is 9.78 Å². The molecule has 4 rings (SSSR count). The molecule has 1 aromatic carbocycles. The highest BCUT2D eigenvalue weighted by Gasteiger charge is 2.61. The number of nitrogens with zero attached hydrogens (tertiary/aromatic N) is 4. The van der Waals surface area contributed by atoms with E-state index in [1.807, 2.05) is 45.0 Å². The highest BCUT2D eigenvalue weighted by atomic mass is 35.5. The van der Waals surface area contributed by atoms with Gasteiger partial charge < -0.3 is 9.64 Å².